The zero-order valence-corrected chi connectivity index (χ0v) is 15.8. The molecule has 0 spiro atoms. The zero-order chi connectivity index (χ0) is 20.3. The second-order valence-corrected chi connectivity index (χ2v) is 7.61. The van der Waals surface area contributed by atoms with E-state index in [0.29, 0.717) is 10.6 Å². The standard InChI is InChI=1S/C17H13ClN6O3S/c18-13-4-2-1-3-11(13)7-17(25)22-12-5-6-14(15(8-12)28(20,26)27)24-10-21-16(9-19)23-24/h1-6,8,10H,7H2,(H,22,25)(H2,20,26,27). The maximum atomic E-state index is 12.3. The quantitative estimate of drug-likeness (QED) is 0.646. The summed E-state index contributed by atoms with van der Waals surface area (Å²) in [5.74, 6) is -0.508. The van der Waals surface area contributed by atoms with Crippen LogP contribution in [0.15, 0.2) is 53.7 Å². The number of carbonyl (C=O) groups excluding carboxylic acids is 1. The normalized spacial score (nSPS) is 11.0. The number of sulfonamides is 1. The molecule has 0 saturated carbocycles. The van der Waals surface area contributed by atoms with Crippen molar-refractivity contribution in [2.75, 3.05) is 5.32 Å². The number of nitrogens with two attached hydrogens (primary N) is 1. The zero-order valence-electron chi connectivity index (χ0n) is 14.2. The Morgan fingerprint density at radius 3 is 2.68 bits per heavy atom. The number of nitrogens with zero attached hydrogens (tertiary/aromatic N) is 4. The lowest BCUT2D eigenvalue weighted by Gasteiger charge is -2.11. The van der Waals surface area contributed by atoms with Gasteiger partial charge < -0.3 is 5.32 Å². The van der Waals surface area contributed by atoms with Crippen LogP contribution < -0.4 is 10.5 Å². The molecule has 3 N–H and O–H groups in total. The number of nitriles is 1. The van der Waals surface area contributed by atoms with Gasteiger partial charge in [-0.3, -0.25) is 4.79 Å². The molecule has 0 aliphatic heterocycles. The molecular formula is C17H13ClN6O3S. The Morgan fingerprint density at radius 1 is 1.29 bits per heavy atom. The lowest BCUT2D eigenvalue weighted by Crippen LogP contribution is -2.18. The predicted molar refractivity (Wildman–Crippen MR) is 101 cm³/mol. The van der Waals surface area contributed by atoms with Gasteiger partial charge in [-0.1, -0.05) is 29.8 Å². The summed E-state index contributed by atoms with van der Waals surface area (Å²) in [5.41, 5.74) is 0.961. The van der Waals surface area contributed by atoms with Crippen LogP contribution in [0.5, 0.6) is 0 Å². The molecule has 28 heavy (non-hydrogen) atoms. The smallest absolute Gasteiger partial charge is 0.252 e. The number of carbonyl (C=O) groups is 1. The van der Waals surface area contributed by atoms with Crippen molar-refractivity contribution in [3.05, 3.63) is 65.2 Å². The van der Waals surface area contributed by atoms with Gasteiger partial charge in [-0.05, 0) is 29.8 Å². The topological polar surface area (TPSA) is 144 Å². The van der Waals surface area contributed by atoms with E-state index in [1.165, 1.54) is 24.5 Å². The number of primary sulfonamides is 1. The number of aromatic nitrogens is 3. The summed E-state index contributed by atoms with van der Waals surface area (Å²) < 4.78 is 25.1. The van der Waals surface area contributed by atoms with Crippen molar-refractivity contribution < 1.29 is 13.2 Å². The summed E-state index contributed by atoms with van der Waals surface area (Å²) >= 11 is 6.04. The molecule has 1 aromatic heterocycles. The van der Waals surface area contributed by atoms with Crippen molar-refractivity contribution in [2.24, 2.45) is 5.14 Å². The molecule has 1 heterocycles. The van der Waals surface area contributed by atoms with E-state index in [9.17, 15) is 13.2 Å². The third-order valence-corrected chi connectivity index (χ3v) is 5.01. The minimum atomic E-state index is -4.15. The summed E-state index contributed by atoms with van der Waals surface area (Å²) in [7, 11) is -4.15. The average molecular weight is 417 g/mol. The highest BCUT2D eigenvalue weighted by molar-refractivity contribution is 7.89. The second-order valence-electron chi connectivity index (χ2n) is 5.67. The molecule has 142 valence electrons. The third-order valence-electron chi connectivity index (χ3n) is 3.70. The van der Waals surface area contributed by atoms with Crippen molar-refractivity contribution in [3.8, 4) is 11.8 Å². The molecular weight excluding hydrogens is 404 g/mol. The van der Waals surface area contributed by atoms with Gasteiger partial charge in [0.05, 0.1) is 12.1 Å². The number of hydrogen-bond acceptors (Lipinski definition) is 6. The Bertz CT molecular complexity index is 1200. The number of hydrogen-bond donors (Lipinski definition) is 2. The first-order valence-electron chi connectivity index (χ1n) is 7.80. The fourth-order valence-corrected chi connectivity index (χ4v) is 3.41. The van der Waals surface area contributed by atoms with E-state index in [4.69, 9.17) is 22.0 Å². The third kappa shape index (κ3) is 4.34. The maximum Gasteiger partial charge on any atom is 0.252 e. The summed E-state index contributed by atoms with van der Waals surface area (Å²) in [4.78, 5) is 15.7. The van der Waals surface area contributed by atoms with Crippen LogP contribution in [-0.4, -0.2) is 29.1 Å². The monoisotopic (exact) mass is 416 g/mol. The van der Waals surface area contributed by atoms with Crippen molar-refractivity contribution in [1.82, 2.24) is 14.8 Å². The minimum absolute atomic E-state index is 0.0146. The van der Waals surface area contributed by atoms with Gasteiger partial charge in [-0.15, -0.1) is 5.10 Å². The number of rotatable bonds is 5. The second kappa shape index (κ2) is 7.77. The van der Waals surface area contributed by atoms with Gasteiger partial charge in [0.25, 0.3) is 5.82 Å². The molecule has 0 atom stereocenters. The van der Waals surface area contributed by atoms with Crippen LogP contribution in [0.25, 0.3) is 5.69 Å². The Balaban J connectivity index is 1.90. The van der Waals surface area contributed by atoms with Gasteiger partial charge in [-0.2, -0.15) is 5.26 Å². The van der Waals surface area contributed by atoms with Crippen LogP contribution in [0, 0.1) is 11.3 Å². The molecule has 0 unspecified atom stereocenters. The van der Waals surface area contributed by atoms with Crippen LogP contribution in [0.1, 0.15) is 11.4 Å². The van der Waals surface area contributed by atoms with E-state index in [0.717, 1.165) is 4.68 Å². The number of nitrogens with one attached hydrogen (secondary N) is 1. The fraction of sp³-hybridized carbons (Fsp3) is 0.0588. The van der Waals surface area contributed by atoms with Gasteiger partial charge >= 0.3 is 0 Å². The molecule has 1 amide bonds. The molecule has 0 saturated heterocycles. The molecule has 0 radical (unpaired) electrons. The lowest BCUT2D eigenvalue weighted by molar-refractivity contribution is -0.115. The summed E-state index contributed by atoms with van der Waals surface area (Å²) in [6.45, 7) is 0. The van der Waals surface area contributed by atoms with Crippen molar-refractivity contribution in [1.29, 1.82) is 5.26 Å². The molecule has 3 aromatic rings. The summed E-state index contributed by atoms with van der Waals surface area (Å²) in [6.07, 6.45) is 1.21. The lowest BCUT2D eigenvalue weighted by atomic mass is 10.1. The molecule has 0 fully saturated rings. The number of benzene rings is 2. The van der Waals surface area contributed by atoms with Crippen molar-refractivity contribution in [3.63, 3.8) is 0 Å². The van der Waals surface area contributed by atoms with Crippen molar-refractivity contribution in [2.45, 2.75) is 11.3 Å². The van der Waals surface area contributed by atoms with E-state index >= 15 is 0 Å². The van der Waals surface area contributed by atoms with Crippen molar-refractivity contribution >= 4 is 33.2 Å². The molecule has 0 bridgehead atoms. The van der Waals surface area contributed by atoms with Crippen LogP contribution in [0.2, 0.25) is 5.02 Å². The largest absolute Gasteiger partial charge is 0.326 e. The maximum absolute atomic E-state index is 12.3. The van der Waals surface area contributed by atoms with E-state index in [1.807, 2.05) is 0 Å². The summed E-state index contributed by atoms with van der Waals surface area (Å²) in [5, 5.41) is 21.0. The van der Waals surface area contributed by atoms with Crippen LogP contribution >= 0.6 is 11.6 Å². The Morgan fingerprint density at radius 2 is 2.04 bits per heavy atom. The molecule has 0 aliphatic carbocycles. The van der Waals surface area contributed by atoms with Gasteiger partial charge in [0.1, 0.15) is 17.3 Å². The van der Waals surface area contributed by atoms with Gasteiger partial charge in [0.2, 0.25) is 15.9 Å². The predicted octanol–water partition coefficient (Wildman–Crippen LogP) is 1.62. The minimum Gasteiger partial charge on any atom is -0.326 e. The number of anilines is 1. The molecule has 11 heteroatoms. The Hall–Kier alpha value is -3.26. The van der Waals surface area contributed by atoms with E-state index in [1.54, 1.807) is 30.3 Å². The fourth-order valence-electron chi connectivity index (χ4n) is 2.46. The van der Waals surface area contributed by atoms with Gasteiger partial charge in [0.15, 0.2) is 0 Å². The number of halogens is 1. The highest BCUT2D eigenvalue weighted by Gasteiger charge is 2.18. The molecule has 0 aliphatic rings. The highest BCUT2D eigenvalue weighted by Crippen LogP contribution is 2.23. The average Bonchev–Trinajstić information content (AvgIpc) is 3.12. The van der Waals surface area contributed by atoms with Crippen LogP contribution in [0.3, 0.4) is 0 Å². The van der Waals surface area contributed by atoms with Crippen LogP contribution in [0.4, 0.5) is 5.69 Å². The summed E-state index contributed by atoms with van der Waals surface area (Å²) in [6, 6.07) is 12.8. The van der Waals surface area contributed by atoms with Gasteiger partial charge in [-0.25, -0.2) is 23.2 Å². The first-order valence-corrected chi connectivity index (χ1v) is 9.72. The Kier molecular flexibility index (Phi) is 5.41. The van der Waals surface area contributed by atoms with Gasteiger partial charge in [0, 0.05) is 10.7 Å². The first kappa shape index (κ1) is 19.5. The molecule has 2 aromatic carbocycles. The molecule has 3 rings (SSSR count). The van der Waals surface area contributed by atoms with E-state index in [-0.39, 0.29) is 34.4 Å². The highest BCUT2D eigenvalue weighted by atomic mass is 35.5. The van der Waals surface area contributed by atoms with Crippen LogP contribution in [-0.2, 0) is 21.2 Å². The first-order chi connectivity index (χ1) is 13.3. The molecule has 9 nitrogen and oxygen atoms in total. The van der Waals surface area contributed by atoms with E-state index in [2.05, 4.69) is 15.4 Å². The van der Waals surface area contributed by atoms with E-state index < -0.39 is 10.0 Å². The Labute approximate surface area is 165 Å². The number of amides is 1. The SMILES string of the molecule is N#Cc1ncn(-c2ccc(NC(=O)Cc3ccccc3Cl)cc2S(N)(=O)=O)n1.